The Morgan fingerprint density at radius 2 is 1.85 bits per heavy atom. The molecule has 0 N–H and O–H groups in total. The van der Waals surface area contributed by atoms with Crippen LogP contribution in [0.25, 0.3) is 11.4 Å². The molecule has 8 heteroatoms. The molecule has 0 radical (unpaired) electrons. The minimum atomic E-state index is -0.751. The van der Waals surface area contributed by atoms with Crippen LogP contribution in [0, 0.1) is 5.82 Å². The number of hydrogen-bond acceptors (Lipinski definition) is 6. The lowest BCUT2D eigenvalue weighted by Gasteiger charge is -2.28. The molecule has 1 atom stereocenters. The number of aromatic nitrogens is 3. The van der Waals surface area contributed by atoms with E-state index in [1.807, 2.05) is 0 Å². The number of pyridine rings is 1. The van der Waals surface area contributed by atoms with Gasteiger partial charge in [-0.2, -0.15) is 4.98 Å². The Hall–Kier alpha value is -3.13. The molecule has 140 valence electrons. The molecule has 0 unspecified atom stereocenters. The van der Waals surface area contributed by atoms with Crippen LogP contribution in [0.2, 0.25) is 0 Å². The lowest BCUT2D eigenvalue weighted by molar-refractivity contribution is -0.136. The van der Waals surface area contributed by atoms with E-state index in [2.05, 4.69) is 15.1 Å². The molecular formula is C19H20FN5O2. The minimum absolute atomic E-state index is 0.121. The number of carbonyl (C=O) groups is 1. The van der Waals surface area contributed by atoms with Gasteiger partial charge >= 0.3 is 0 Å². The fraction of sp³-hybridized carbons (Fsp3) is 0.263. The van der Waals surface area contributed by atoms with Gasteiger partial charge in [0, 0.05) is 30.6 Å². The number of rotatable bonds is 6. The van der Waals surface area contributed by atoms with Gasteiger partial charge in [0.2, 0.25) is 17.6 Å². The van der Waals surface area contributed by atoms with Gasteiger partial charge in [-0.25, -0.2) is 4.39 Å². The van der Waals surface area contributed by atoms with E-state index in [9.17, 15) is 9.18 Å². The maximum atomic E-state index is 14.2. The van der Waals surface area contributed by atoms with Crippen molar-refractivity contribution in [1.29, 1.82) is 0 Å². The molecular weight excluding hydrogens is 349 g/mol. The molecule has 2 heterocycles. The van der Waals surface area contributed by atoms with Gasteiger partial charge < -0.3 is 9.42 Å². The van der Waals surface area contributed by atoms with Crippen LogP contribution < -0.4 is 0 Å². The summed E-state index contributed by atoms with van der Waals surface area (Å²) in [6.45, 7) is 0.121. The Bertz CT molecular complexity index is 913. The van der Waals surface area contributed by atoms with Crippen molar-refractivity contribution < 1.29 is 13.7 Å². The van der Waals surface area contributed by atoms with E-state index in [1.165, 1.54) is 11.0 Å². The molecule has 1 amide bonds. The second-order valence-electron chi connectivity index (χ2n) is 6.33. The maximum Gasteiger partial charge on any atom is 0.246 e. The summed E-state index contributed by atoms with van der Waals surface area (Å²) in [4.78, 5) is 24.3. The summed E-state index contributed by atoms with van der Waals surface area (Å²) >= 11 is 0. The number of hydrogen-bond donors (Lipinski definition) is 0. The molecule has 0 bridgehead atoms. The molecule has 0 saturated carbocycles. The third kappa shape index (κ3) is 4.17. The second-order valence-corrected chi connectivity index (χ2v) is 6.33. The van der Waals surface area contributed by atoms with Gasteiger partial charge in [0.15, 0.2) is 0 Å². The van der Waals surface area contributed by atoms with Crippen LogP contribution in [0.1, 0.15) is 17.5 Å². The highest BCUT2D eigenvalue weighted by atomic mass is 19.1. The molecule has 0 fully saturated rings. The summed E-state index contributed by atoms with van der Waals surface area (Å²) in [7, 11) is 5.09. The smallest absolute Gasteiger partial charge is 0.246 e. The summed E-state index contributed by atoms with van der Waals surface area (Å²) in [5.74, 6) is 0.0275. The van der Waals surface area contributed by atoms with Crippen molar-refractivity contribution in [1.82, 2.24) is 24.9 Å². The van der Waals surface area contributed by atoms with Crippen molar-refractivity contribution in [2.45, 2.75) is 12.6 Å². The lowest BCUT2D eigenvalue weighted by atomic mass is 10.0. The van der Waals surface area contributed by atoms with Gasteiger partial charge in [0.25, 0.3) is 0 Å². The summed E-state index contributed by atoms with van der Waals surface area (Å²) in [5.41, 5.74) is 1.09. The average Bonchev–Trinajstić information content (AvgIpc) is 3.12. The second kappa shape index (κ2) is 8.05. The molecule has 1 aromatic carbocycles. The first-order valence-electron chi connectivity index (χ1n) is 8.36. The van der Waals surface area contributed by atoms with Gasteiger partial charge in [0.05, 0.1) is 6.54 Å². The Kier molecular flexibility index (Phi) is 5.56. The van der Waals surface area contributed by atoms with Gasteiger partial charge in [-0.1, -0.05) is 23.4 Å². The van der Waals surface area contributed by atoms with Crippen LogP contribution in [-0.4, -0.2) is 52.0 Å². The third-order valence-electron chi connectivity index (χ3n) is 4.11. The van der Waals surface area contributed by atoms with Crippen LogP contribution in [0.4, 0.5) is 4.39 Å². The SMILES string of the molecule is CN(Cc1nc(-c2ccncc2)no1)C(=O)[C@@H](c1ccccc1F)N(C)C. The topological polar surface area (TPSA) is 75.4 Å². The van der Waals surface area contributed by atoms with E-state index in [4.69, 9.17) is 4.52 Å². The van der Waals surface area contributed by atoms with Crippen molar-refractivity contribution in [3.63, 3.8) is 0 Å². The Morgan fingerprint density at radius 3 is 2.52 bits per heavy atom. The Morgan fingerprint density at radius 1 is 1.15 bits per heavy atom. The molecule has 2 aromatic heterocycles. The molecule has 7 nitrogen and oxygen atoms in total. The van der Waals surface area contributed by atoms with Gasteiger partial charge in [-0.15, -0.1) is 0 Å². The fourth-order valence-electron chi connectivity index (χ4n) is 2.76. The largest absolute Gasteiger partial charge is 0.337 e. The first kappa shape index (κ1) is 18.7. The van der Waals surface area contributed by atoms with Crippen LogP contribution in [0.5, 0.6) is 0 Å². The first-order chi connectivity index (χ1) is 13.0. The molecule has 0 aliphatic carbocycles. The minimum Gasteiger partial charge on any atom is -0.337 e. The van der Waals surface area contributed by atoms with Crippen molar-refractivity contribution in [2.75, 3.05) is 21.1 Å². The number of amides is 1. The van der Waals surface area contributed by atoms with E-state index in [-0.39, 0.29) is 12.5 Å². The van der Waals surface area contributed by atoms with Crippen molar-refractivity contribution in [3.8, 4) is 11.4 Å². The van der Waals surface area contributed by atoms with Crippen molar-refractivity contribution in [3.05, 3.63) is 66.1 Å². The van der Waals surface area contributed by atoms with Crippen molar-refractivity contribution >= 4 is 5.91 Å². The monoisotopic (exact) mass is 369 g/mol. The molecule has 0 aliphatic rings. The molecule has 0 aliphatic heterocycles. The number of carbonyl (C=O) groups excluding carboxylic acids is 1. The summed E-state index contributed by atoms with van der Waals surface area (Å²) in [6, 6.07) is 9.05. The first-order valence-corrected chi connectivity index (χ1v) is 8.36. The number of benzene rings is 1. The number of halogens is 1. The zero-order valence-electron chi connectivity index (χ0n) is 15.3. The van der Waals surface area contributed by atoms with E-state index in [0.717, 1.165) is 5.56 Å². The number of nitrogens with zero attached hydrogens (tertiary/aromatic N) is 5. The highest BCUT2D eigenvalue weighted by Gasteiger charge is 2.29. The average molecular weight is 369 g/mol. The van der Waals surface area contributed by atoms with Crippen LogP contribution in [0.3, 0.4) is 0 Å². The predicted octanol–water partition coefficient (Wildman–Crippen LogP) is 2.53. The number of likely N-dealkylation sites (N-methyl/N-ethyl adjacent to an activating group) is 2. The lowest BCUT2D eigenvalue weighted by Crippen LogP contribution is -2.38. The van der Waals surface area contributed by atoms with Gasteiger partial charge in [0.1, 0.15) is 11.9 Å². The standard InChI is InChI=1S/C19H20FN5O2/c1-24(2)17(14-6-4-5-7-15(14)20)19(26)25(3)12-16-22-18(23-27-16)13-8-10-21-11-9-13/h4-11,17H,12H2,1-3H3/t17-/m1/s1. The fourth-order valence-corrected chi connectivity index (χ4v) is 2.76. The zero-order chi connectivity index (χ0) is 19.4. The van der Waals surface area contributed by atoms with Gasteiger partial charge in [-0.05, 0) is 32.3 Å². The van der Waals surface area contributed by atoms with E-state index >= 15 is 0 Å². The predicted molar refractivity (Wildman–Crippen MR) is 96.8 cm³/mol. The van der Waals surface area contributed by atoms with Crippen LogP contribution in [-0.2, 0) is 11.3 Å². The summed E-state index contributed by atoms with van der Waals surface area (Å²) in [5, 5.41) is 3.93. The highest BCUT2D eigenvalue weighted by molar-refractivity contribution is 5.83. The third-order valence-corrected chi connectivity index (χ3v) is 4.11. The van der Waals surface area contributed by atoms with E-state index < -0.39 is 11.9 Å². The Labute approximate surface area is 156 Å². The highest BCUT2D eigenvalue weighted by Crippen LogP contribution is 2.24. The normalized spacial score (nSPS) is 12.2. The van der Waals surface area contributed by atoms with Crippen molar-refractivity contribution in [2.24, 2.45) is 0 Å². The maximum absolute atomic E-state index is 14.2. The molecule has 27 heavy (non-hydrogen) atoms. The Balaban J connectivity index is 1.77. The molecule has 3 rings (SSSR count). The van der Waals surface area contributed by atoms with Crippen LogP contribution in [0.15, 0.2) is 53.3 Å². The van der Waals surface area contributed by atoms with Crippen LogP contribution >= 0.6 is 0 Å². The summed E-state index contributed by atoms with van der Waals surface area (Å²) < 4.78 is 19.4. The van der Waals surface area contributed by atoms with E-state index in [1.54, 1.807) is 68.8 Å². The quantitative estimate of drug-likeness (QED) is 0.665. The van der Waals surface area contributed by atoms with E-state index in [0.29, 0.717) is 17.3 Å². The summed E-state index contributed by atoms with van der Waals surface area (Å²) in [6.07, 6.45) is 3.27. The molecule has 0 saturated heterocycles. The van der Waals surface area contributed by atoms with Gasteiger partial charge in [-0.3, -0.25) is 14.7 Å². The zero-order valence-corrected chi connectivity index (χ0v) is 15.3. The molecule has 0 spiro atoms. The molecule has 3 aromatic rings.